The number of hydrogen-bond donors (Lipinski definition) is 3. The van der Waals surface area contributed by atoms with Gasteiger partial charge in [0.1, 0.15) is 5.82 Å². The molecule has 2 aromatic heterocycles. The number of H-pyrrole nitrogens is 1. The molecular formula is C17H19N5O. The quantitative estimate of drug-likeness (QED) is 0.673. The Morgan fingerprint density at radius 2 is 2.35 bits per heavy atom. The van der Waals surface area contributed by atoms with Gasteiger partial charge in [-0.05, 0) is 18.6 Å². The van der Waals surface area contributed by atoms with Crippen molar-refractivity contribution < 1.29 is 4.79 Å². The van der Waals surface area contributed by atoms with Gasteiger partial charge in [-0.25, -0.2) is 4.98 Å². The Bertz CT molecular complexity index is 863. The van der Waals surface area contributed by atoms with Crippen LogP contribution in [0.4, 0.5) is 0 Å². The number of nitrogens with one attached hydrogen (secondary N) is 3. The topological polar surface area (TPSA) is 74.7 Å². The van der Waals surface area contributed by atoms with Gasteiger partial charge in [0, 0.05) is 42.6 Å². The van der Waals surface area contributed by atoms with Crippen LogP contribution >= 0.6 is 0 Å². The Morgan fingerprint density at radius 3 is 3.26 bits per heavy atom. The molecule has 0 bridgehead atoms. The zero-order valence-electron chi connectivity index (χ0n) is 13.0. The molecule has 23 heavy (non-hydrogen) atoms. The lowest BCUT2D eigenvalue weighted by atomic mass is 10.1. The number of nitrogens with zero attached hydrogens (tertiary/aromatic N) is 2. The Hall–Kier alpha value is -2.60. The molecular weight excluding hydrogens is 290 g/mol. The molecule has 6 nitrogen and oxygen atoms in total. The second-order valence-corrected chi connectivity index (χ2v) is 6.05. The maximum absolute atomic E-state index is 12.7. The summed E-state index contributed by atoms with van der Waals surface area (Å²) in [6, 6.07) is 6.11. The van der Waals surface area contributed by atoms with Crippen LogP contribution in [0.2, 0.25) is 0 Å². The molecule has 0 saturated heterocycles. The second-order valence-electron chi connectivity index (χ2n) is 6.05. The first kappa shape index (κ1) is 14.0. The van der Waals surface area contributed by atoms with Gasteiger partial charge in [0.05, 0.1) is 18.2 Å². The molecule has 3 heterocycles. The molecule has 3 N–H and O–H groups in total. The van der Waals surface area contributed by atoms with Crippen molar-refractivity contribution in [1.82, 2.24) is 25.2 Å². The van der Waals surface area contributed by atoms with E-state index in [9.17, 15) is 4.79 Å². The normalized spacial score (nSPS) is 17.7. The smallest absolute Gasteiger partial charge is 0.253 e. The summed E-state index contributed by atoms with van der Waals surface area (Å²) in [5, 5.41) is 7.41. The maximum atomic E-state index is 12.7. The Balaban J connectivity index is 1.55. The van der Waals surface area contributed by atoms with E-state index in [1.165, 1.54) is 5.56 Å². The molecule has 0 spiro atoms. The van der Waals surface area contributed by atoms with E-state index in [4.69, 9.17) is 0 Å². The Morgan fingerprint density at radius 1 is 1.43 bits per heavy atom. The molecule has 0 saturated carbocycles. The first-order chi connectivity index (χ1) is 11.2. The fourth-order valence-electron chi connectivity index (χ4n) is 3.12. The molecule has 1 atom stereocenters. The lowest BCUT2D eigenvalue weighted by molar-refractivity contribution is 0.0935. The molecule has 3 aromatic rings. The number of aromatic nitrogens is 3. The van der Waals surface area contributed by atoms with E-state index >= 15 is 0 Å². The standard InChI is InChI=1S/C17H19N5O/c1-11-2-3-13-14(8-20-15(13)6-11)17(23)21-12-7-18-9-16-19-4-5-22(16)10-12/h2-6,8,12,18,20H,7,9-10H2,1H3,(H,21,23). The summed E-state index contributed by atoms with van der Waals surface area (Å²) in [4.78, 5) is 20.1. The zero-order valence-corrected chi connectivity index (χ0v) is 13.0. The molecule has 4 rings (SSSR count). The minimum atomic E-state index is -0.0459. The van der Waals surface area contributed by atoms with E-state index in [-0.39, 0.29) is 11.9 Å². The number of hydrogen-bond acceptors (Lipinski definition) is 3. The fraction of sp³-hybridized carbons (Fsp3) is 0.294. The van der Waals surface area contributed by atoms with Crippen LogP contribution in [0, 0.1) is 6.92 Å². The van der Waals surface area contributed by atoms with E-state index in [1.807, 2.05) is 25.3 Å². The number of benzene rings is 1. The number of imidazole rings is 1. The van der Waals surface area contributed by atoms with Crippen LogP contribution in [-0.4, -0.2) is 33.0 Å². The highest BCUT2D eigenvalue weighted by Crippen LogP contribution is 2.19. The van der Waals surface area contributed by atoms with Crippen molar-refractivity contribution in [2.45, 2.75) is 26.1 Å². The molecule has 0 fully saturated rings. The van der Waals surface area contributed by atoms with Gasteiger partial charge in [-0.3, -0.25) is 4.79 Å². The van der Waals surface area contributed by atoms with Gasteiger partial charge in [0.15, 0.2) is 0 Å². The van der Waals surface area contributed by atoms with Crippen molar-refractivity contribution in [2.75, 3.05) is 6.54 Å². The SMILES string of the molecule is Cc1ccc2c(C(=O)NC3CNCc4nccn4C3)c[nH]c2c1. The summed E-state index contributed by atoms with van der Waals surface area (Å²) < 4.78 is 2.09. The van der Waals surface area contributed by atoms with Gasteiger partial charge in [-0.2, -0.15) is 0 Å². The first-order valence-corrected chi connectivity index (χ1v) is 7.80. The summed E-state index contributed by atoms with van der Waals surface area (Å²) in [6.07, 6.45) is 5.53. The molecule has 1 amide bonds. The highest BCUT2D eigenvalue weighted by molar-refractivity contribution is 6.06. The predicted molar refractivity (Wildman–Crippen MR) is 88.2 cm³/mol. The van der Waals surface area contributed by atoms with Gasteiger partial charge < -0.3 is 20.2 Å². The largest absolute Gasteiger partial charge is 0.360 e. The monoisotopic (exact) mass is 309 g/mol. The van der Waals surface area contributed by atoms with Crippen LogP contribution in [0.3, 0.4) is 0 Å². The summed E-state index contributed by atoms with van der Waals surface area (Å²) in [7, 11) is 0. The maximum Gasteiger partial charge on any atom is 0.253 e. The van der Waals surface area contributed by atoms with Crippen LogP contribution < -0.4 is 10.6 Å². The number of rotatable bonds is 2. The van der Waals surface area contributed by atoms with E-state index in [1.54, 1.807) is 12.4 Å². The van der Waals surface area contributed by atoms with Crippen molar-refractivity contribution >= 4 is 16.8 Å². The average Bonchev–Trinajstić information content (AvgIpc) is 3.09. The molecule has 0 radical (unpaired) electrons. The Kier molecular flexibility index (Phi) is 3.38. The first-order valence-electron chi connectivity index (χ1n) is 7.80. The highest BCUT2D eigenvalue weighted by atomic mass is 16.1. The van der Waals surface area contributed by atoms with E-state index in [0.717, 1.165) is 36.4 Å². The molecule has 1 aliphatic heterocycles. The van der Waals surface area contributed by atoms with Crippen LogP contribution in [0.25, 0.3) is 10.9 Å². The van der Waals surface area contributed by atoms with E-state index < -0.39 is 0 Å². The number of fused-ring (bicyclic) bond motifs is 2. The minimum absolute atomic E-state index is 0.0355. The van der Waals surface area contributed by atoms with Crippen LogP contribution in [0.5, 0.6) is 0 Å². The number of carbonyl (C=O) groups is 1. The molecule has 1 aromatic carbocycles. The summed E-state index contributed by atoms with van der Waals surface area (Å²) in [6.45, 7) is 4.23. The number of aromatic amines is 1. The van der Waals surface area contributed by atoms with Crippen LogP contribution in [-0.2, 0) is 13.1 Å². The fourth-order valence-corrected chi connectivity index (χ4v) is 3.12. The highest BCUT2D eigenvalue weighted by Gasteiger charge is 2.20. The summed E-state index contributed by atoms with van der Waals surface area (Å²) in [5.41, 5.74) is 2.85. The van der Waals surface area contributed by atoms with Crippen LogP contribution in [0.15, 0.2) is 36.8 Å². The van der Waals surface area contributed by atoms with E-state index in [2.05, 4.69) is 31.2 Å². The summed E-state index contributed by atoms with van der Waals surface area (Å²) in [5.74, 6) is 0.958. The van der Waals surface area contributed by atoms with Crippen LogP contribution in [0.1, 0.15) is 21.7 Å². The number of aryl methyl sites for hydroxylation is 1. The third-order valence-electron chi connectivity index (χ3n) is 4.31. The zero-order chi connectivity index (χ0) is 15.8. The van der Waals surface area contributed by atoms with Crippen molar-refractivity contribution in [3.05, 3.63) is 53.7 Å². The van der Waals surface area contributed by atoms with Crippen molar-refractivity contribution in [2.24, 2.45) is 0 Å². The van der Waals surface area contributed by atoms with Gasteiger partial charge in [0.25, 0.3) is 5.91 Å². The Labute approximate surface area is 133 Å². The van der Waals surface area contributed by atoms with Gasteiger partial charge >= 0.3 is 0 Å². The van der Waals surface area contributed by atoms with Gasteiger partial charge in [0.2, 0.25) is 0 Å². The molecule has 118 valence electrons. The number of amides is 1. The molecule has 6 heteroatoms. The average molecular weight is 309 g/mol. The molecule has 1 unspecified atom stereocenters. The summed E-state index contributed by atoms with van der Waals surface area (Å²) >= 11 is 0. The lowest BCUT2D eigenvalue weighted by Gasteiger charge is -2.17. The van der Waals surface area contributed by atoms with E-state index in [0.29, 0.717) is 5.56 Å². The van der Waals surface area contributed by atoms with Crippen molar-refractivity contribution in [3.63, 3.8) is 0 Å². The van der Waals surface area contributed by atoms with Gasteiger partial charge in [-0.15, -0.1) is 0 Å². The number of carbonyl (C=O) groups excluding carboxylic acids is 1. The third kappa shape index (κ3) is 2.61. The van der Waals surface area contributed by atoms with Crippen molar-refractivity contribution in [3.8, 4) is 0 Å². The molecule has 0 aliphatic carbocycles. The second kappa shape index (κ2) is 5.55. The third-order valence-corrected chi connectivity index (χ3v) is 4.31. The van der Waals surface area contributed by atoms with Crippen molar-refractivity contribution in [1.29, 1.82) is 0 Å². The molecule has 1 aliphatic rings. The predicted octanol–water partition coefficient (Wildman–Crippen LogP) is 1.57. The van der Waals surface area contributed by atoms with Gasteiger partial charge in [-0.1, -0.05) is 12.1 Å². The lowest BCUT2D eigenvalue weighted by Crippen LogP contribution is -2.42. The minimum Gasteiger partial charge on any atom is -0.360 e.